The highest BCUT2D eigenvalue weighted by atomic mass is 16.6. The van der Waals surface area contributed by atoms with Crippen molar-refractivity contribution in [1.82, 2.24) is 0 Å². The number of aliphatic hydroxyl groups excluding tert-OH is 1. The smallest absolute Gasteiger partial charge is 0.306 e. The molecule has 0 saturated carbocycles. The first kappa shape index (κ1) is 86.7. The minimum atomic E-state index is -0.792. The zero-order valence-electron chi connectivity index (χ0n) is 59.5. The van der Waals surface area contributed by atoms with E-state index in [0.29, 0.717) is 12.8 Å². The molecule has 0 saturated heterocycles. The molecule has 518 valence electrons. The summed E-state index contributed by atoms with van der Waals surface area (Å²) in [4.78, 5) is 24.7. The van der Waals surface area contributed by atoms with Gasteiger partial charge in [-0.05, 0) is 141 Å². The van der Waals surface area contributed by atoms with Crippen LogP contribution in [0, 0.1) is 0 Å². The molecule has 0 rings (SSSR count). The number of esters is 2. The van der Waals surface area contributed by atoms with E-state index < -0.39 is 6.10 Å². The lowest BCUT2D eigenvalue weighted by molar-refractivity contribution is -0.161. The van der Waals surface area contributed by atoms with E-state index in [1.165, 1.54) is 148 Å². The van der Waals surface area contributed by atoms with Gasteiger partial charge >= 0.3 is 11.9 Å². The number of hydrogen-bond donors (Lipinski definition) is 1. The first-order valence-electron chi connectivity index (χ1n) is 38.0. The third kappa shape index (κ3) is 77.2. The Morgan fingerprint density at radius 1 is 0.250 bits per heavy atom. The van der Waals surface area contributed by atoms with Crippen LogP contribution in [0.3, 0.4) is 0 Å². The van der Waals surface area contributed by atoms with Gasteiger partial charge in [-0.25, -0.2) is 0 Å². The number of carbonyl (C=O) groups excluding carboxylic acids is 2. The van der Waals surface area contributed by atoms with E-state index in [0.717, 1.165) is 148 Å². The fourth-order valence-electron chi connectivity index (χ4n) is 10.3. The first-order valence-corrected chi connectivity index (χ1v) is 38.0. The van der Waals surface area contributed by atoms with Gasteiger partial charge in [-0.3, -0.25) is 9.59 Å². The number of ether oxygens (including phenoxy) is 2. The van der Waals surface area contributed by atoms with Crippen molar-refractivity contribution in [3.05, 3.63) is 194 Å². The van der Waals surface area contributed by atoms with Gasteiger partial charge in [-0.2, -0.15) is 0 Å². The molecule has 0 heterocycles. The summed E-state index contributed by atoms with van der Waals surface area (Å²) in [7, 11) is 0. The van der Waals surface area contributed by atoms with Crippen molar-refractivity contribution in [2.75, 3.05) is 13.2 Å². The number of allylic oxidation sites excluding steroid dienone is 32. The van der Waals surface area contributed by atoms with Crippen molar-refractivity contribution in [2.45, 2.75) is 328 Å². The average molecular weight is 1270 g/mol. The Kier molecular flexibility index (Phi) is 75.4. The van der Waals surface area contributed by atoms with Crippen LogP contribution in [0.25, 0.3) is 0 Å². The number of unbranched alkanes of at least 4 members (excludes halogenated alkanes) is 28. The first-order chi connectivity index (χ1) is 45.6. The summed E-state index contributed by atoms with van der Waals surface area (Å²) in [5.41, 5.74) is 0. The highest BCUT2D eigenvalue weighted by molar-refractivity contribution is 5.70. The summed E-state index contributed by atoms with van der Waals surface area (Å²) in [6, 6.07) is 0. The molecule has 1 N–H and O–H groups in total. The molecule has 0 aliphatic heterocycles. The molecule has 5 heteroatoms. The van der Waals surface area contributed by atoms with Crippen LogP contribution in [0.1, 0.15) is 322 Å². The fraction of sp³-hybridized carbons (Fsp3) is 0.609. The molecule has 0 spiro atoms. The van der Waals surface area contributed by atoms with Crippen LogP contribution in [0.5, 0.6) is 0 Å². The van der Waals surface area contributed by atoms with Crippen LogP contribution in [-0.4, -0.2) is 36.4 Å². The Hall–Kier alpha value is -5.26. The Bertz CT molecular complexity index is 2070. The maximum Gasteiger partial charge on any atom is 0.306 e. The maximum absolute atomic E-state index is 12.4. The van der Waals surface area contributed by atoms with Gasteiger partial charge in [0.2, 0.25) is 0 Å². The molecule has 1 atom stereocenters. The van der Waals surface area contributed by atoms with E-state index >= 15 is 0 Å². The number of aliphatic hydroxyl groups is 1. The Morgan fingerprint density at radius 3 is 0.652 bits per heavy atom. The van der Waals surface area contributed by atoms with Crippen LogP contribution < -0.4 is 0 Å². The number of hydrogen-bond acceptors (Lipinski definition) is 5. The molecule has 0 aliphatic carbocycles. The normalized spacial score (nSPS) is 13.4. The Labute approximate surface area is 568 Å². The van der Waals surface area contributed by atoms with Crippen molar-refractivity contribution in [3.63, 3.8) is 0 Å². The van der Waals surface area contributed by atoms with Gasteiger partial charge in [0.15, 0.2) is 6.10 Å². The summed E-state index contributed by atoms with van der Waals surface area (Å²) in [6.07, 6.45) is 126. The molecule has 5 nitrogen and oxygen atoms in total. The SMILES string of the molecule is CC/C=C\C/C=C\C/C=C\C/C=C\C/C=C\C/C=C\C/C=C\C/C=C\C/C=C\C/C=C\C/C=C\CCCCCCCCCC(=O)OC(CO)COC(=O)CCCCCCCCCCCCCCCCCCCCCCC/C=C\C/C=C\C/C=C\C/C=C\C/C=C\CC. The summed E-state index contributed by atoms with van der Waals surface area (Å²) >= 11 is 0. The molecule has 0 aromatic carbocycles. The number of carbonyl (C=O) groups is 2. The van der Waals surface area contributed by atoms with Crippen LogP contribution in [0.15, 0.2) is 194 Å². The fourth-order valence-corrected chi connectivity index (χ4v) is 10.3. The van der Waals surface area contributed by atoms with Gasteiger partial charge < -0.3 is 14.6 Å². The van der Waals surface area contributed by atoms with Crippen molar-refractivity contribution in [2.24, 2.45) is 0 Å². The summed E-state index contributed by atoms with van der Waals surface area (Å²) in [5.74, 6) is -0.604. The predicted molar refractivity (Wildman–Crippen MR) is 407 cm³/mol. The maximum atomic E-state index is 12.4. The second-order valence-electron chi connectivity index (χ2n) is 24.6. The zero-order chi connectivity index (χ0) is 66.1. The van der Waals surface area contributed by atoms with Crippen LogP contribution in [0.4, 0.5) is 0 Å². The second kappa shape index (κ2) is 80.0. The van der Waals surface area contributed by atoms with Crippen molar-refractivity contribution in [3.8, 4) is 0 Å². The second-order valence-corrected chi connectivity index (χ2v) is 24.6. The third-order valence-electron chi connectivity index (χ3n) is 15.9. The van der Waals surface area contributed by atoms with Crippen molar-refractivity contribution in [1.29, 1.82) is 0 Å². The monoisotopic (exact) mass is 1270 g/mol. The topological polar surface area (TPSA) is 72.8 Å². The average Bonchev–Trinajstić information content (AvgIpc) is 3.64. The van der Waals surface area contributed by atoms with Crippen LogP contribution in [-0.2, 0) is 19.1 Å². The van der Waals surface area contributed by atoms with Gasteiger partial charge in [0.25, 0.3) is 0 Å². The van der Waals surface area contributed by atoms with Gasteiger partial charge in [0.1, 0.15) is 6.61 Å². The molecule has 0 aliphatic rings. The van der Waals surface area contributed by atoms with Crippen LogP contribution in [0.2, 0.25) is 0 Å². The summed E-state index contributed by atoms with van der Waals surface area (Å²) in [6.45, 7) is 3.92. The zero-order valence-corrected chi connectivity index (χ0v) is 59.5. The molecule has 1 unspecified atom stereocenters. The predicted octanol–water partition coefficient (Wildman–Crippen LogP) is 27.1. The van der Waals surface area contributed by atoms with E-state index in [2.05, 4.69) is 208 Å². The molecule has 92 heavy (non-hydrogen) atoms. The summed E-state index contributed by atoms with van der Waals surface area (Å²) in [5, 5.41) is 9.72. The van der Waals surface area contributed by atoms with Gasteiger partial charge in [-0.1, -0.05) is 362 Å². The van der Waals surface area contributed by atoms with Crippen LogP contribution >= 0.6 is 0 Å². The molecule has 0 aromatic rings. The Balaban J connectivity index is 3.55. The van der Waals surface area contributed by atoms with Crippen molar-refractivity contribution >= 4 is 11.9 Å². The van der Waals surface area contributed by atoms with Gasteiger partial charge in [0, 0.05) is 12.8 Å². The largest absolute Gasteiger partial charge is 0.462 e. The lowest BCUT2D eigenvalue weighted by Crippen LogP contribution is -2.28. The standard InChI is InChI=1S/C87H140O5/c1-3-5-7-9-11-13-15-17-19-21-23-25-27-29-31-33-35-37-39-41-42-43-44-46-48-50-52-54-56-58-60-62-64-66-68-70-72-74-76-78-80-82-87(90)92-85(83-88)84-91-86(89)81-79-77-75-73-71-69-67-65-63-61-59-57-55-53-51-49-47-45-40-38-36-34-32-30-28-26-24-22-20-18-16-14-12-10-8-6-4-2/h5-8,11-14,17-20,23-26,29-32,35,37,41-42,44,46,50,52,56,58,62,64,85,88H,3-4,9-10,15-16,21-22,27-28,33-34,36,38-40,43,45,47-49,51,53-55,57,59-61,63,65-84H2,1-2H3/b7-5-,8-6-,13-11-,14-12-,19-17-,20-18-,25-23-,26-24-,31-29-,32-30-,37-35-,42-41-,46-44-,52-50-,58-56-,64-62-. The lowest BCUT2D eigenvalue weighted by atomic mass is 10.0. The van der Waals surface area contributed by atoms with E-state index in [1.54, 1.807) is 0 Å². The molecule has 0 fully saturated rings. The minimum absolute atomic E-state index is 0.0780. The molecule has 0 aromatic heterocycles. The minimum Gasteiger partial charge on any atom is -0.462 e. The van der Waals surface area contributed by atoms with Crippen molar-refractivity contribution < 1.29 is 24.2 Å². The highest BCUT2D eigenvalue weighted by Crippen LogP contribution is 2.17. The van der Waals surface area contributed by atoms with E-state index in [9.17, 15) is 14.7 Å². The quantitative estimate of drug-likeness (QED) is 0.0373. The van der Waals surface area contributed by atoms with E-state index in [1.807, 2.05) is 0 Å². The summed E-state index contributed by atoms with van der Waals surface area (Å²) < 4.78 is 10.8. The number of rotatable bonds is 68. The van der Waals surface area contributed by atoms with Gasteiger partial charge in [0.05, 0.1) is 6.61 Å². The molecule has 0 amide bonds. The Morgan fingerprint density at radius 2 is 0.435 bits per heavy atom. The van der Waals surface area contributed by atoms with E-state index in [4.69, 9.17) is 9.47 Å². The molecular formula is C87H140O5. The lowest BCUT2D eigenvalue weighted by Gasteiger charge is -2.15. The third-order valence-corrected chi connectivity index (χ3v) is 15.9. The van der Waals surface area contributed by atoms with Gasteiger partial charge in [-0.15, -0.1) is 0 Å². The van der Waals surface area contributed by atoms with E-state index in [-0.39, 0.29) is 25.2 Å². The highest BCUT2D eigenvalue weighted by Gasteiger charge is 2.16. The molecular weight excluding hydrogens is 1120 g/mol. The molecule has 0 radical (unpaired) electrons. The molecule has 0 bridgehead atoms.